The third-order valence-corrected chi connectivity index (χ3v) is 13.4. The van der Waals surface area contributed by atoms with Gasteiger partial charge in [-0.05, 0) is 96.3 Å². The van der Waals surface area contributed by atoms with Crippen molar-refractivity contribution >= 4 is 17.9 Å². The predicted molar refractivity (Wildman–Crippen MR) is 311 cm³/mol. The van der Waals surface area contributed by atoms with Crippen LogP contribution in [0.4, 0.5) is 0 Å². The fraction of sp³-hybridized carbons (Fsp3) is 0.773. The molecule has 6 heteroatoms. The molecule has 0 aliphatic heterocycles. The number of allylic oxidation sites excluding steroid dienone is 12. The van der Waals surface area contributed by atoms with Crippen molar-refractivity contribution in [3.05, 3.63) is 72.9 Å². The first kappa shape index (κ1) is 68.8. The van der Waals surface area contributed by atoms with Crippen molar-refractivity contribution in [2.75, 3.05) is 13.2 Å². The van der Waals surface area contributed by atoms with Crippen molar-refractivity contribution in [2.45, 2.75) is 316 Å². The average molecular weight is 1010 g/mol. The van der Waals surface area contributed by atoms with Crippen LogP contribution in [-0.2, 0) is 28.6 Å². The van der Waals surface area contributed by atoms with Gasteiger partial charge in [-0.1, -0.05) is 267 Å². The van der Waals surface area contributed by atoms with E-state index in [-0.39, 0.29) is 37.5 Å². The molecule has 0 aromatic heterocycles. The van der Waals surface area contributed by atoms with Crippen molar-refractivity contribution in [1.82, 2.24) is 0 Å². The Labute approximate surface area is 446 Å². The zero-order valence-corrected chi connectivity index (χ0v) is 47.7. The number of hydrogen-bond donors (Lipinski definition) is 0. The highest BCUT2D eigenvalue weighted by Crippen LogP contribution is 2.16. The van der Waals surface area contributed by atoms with Crippen LogP contribution in [0.1, 0.15) is 310 Å². The van der Waals surface area contributed by atoms with E-state index >= 15 is 0 Å². The molecule has 0 fully saturated rings. The number of carbonyl (C=O) groups is 3. The summed E-state index contributed by atoms with van der Waals surface area (Å²) in [5.74, 6) is -0.982. The highest BCUT2D eigenvalue weighted by atomic mass is 16.6. The number of unbranched alkanes of at least 4 members (excludes halogenated alkanes) is 33. The molecule has 0 saturated carbocycles. The SMILES string of the molecule is CC/C=C\C/C=C\C/C=C\C/C=C\CCC(=O)OCC(COC(=O)CCCCCCCCCCCCCCC/C=C\CCCCCCCCCC)OC(=O)CCCCCCC/C=C\CCCCCCCCC. The van der Waals surface area contributed by atoms with Crippen LogP contribution >= 0.6 is 0 Å². The molecule has 0 heterocycles. The minimum absolute atomic E-state index is 0.0992. The van der Waals surface area contributed by atoms with Crippen LogP contribution in [0.5, 0.6) is 0 Å². The smallest absolute Gasteiger partial charge is 0.306 e. The van der Waals surface area contributed by atoms with Crippen LogP contribution < -0.4 is 0 Å². The van der Waals surface area contributed by atoms with Gasteiger partial charge in [-0.3, -0.25) is 14.4 Å². The average Bonchev–Trinajstić information content (AvgIpc) is 3.38. The fourth-order valence-corrected chi connectivity index (χ4v) is 8.80. The minimum atomic E-state index is -0.808. The van der Waals surface area contributed by atoms with Gasteiger partial charge in [0, 0.05) is 19.3 Å². The van der Waals surface area contributed by atoms with E-state index in [9.17, 15) is 14.4 Å². The molecule has 6 nitrogen and oxygen atoms in total. The maximum Gasteiger partial charge on any atom is 0.306 e. The van der Waals surface area contributed by atoms with E-state index in [1.807, 2.05) is 6.08 Å². The third kappa shape index (κ3) is 57.7. The van der Waals surface area contributed by atoms with E-state index in [1.54, 1.807) is 0 Å². The summed E-state index contributed by atoms with van der Waals surface area (Å²) in [7, 11) is 0. The second-order valence-corrected chi connectivity index (χ2v) is 20.6. The number of esters is 3. The zero-order valence-electron chi connectivity index (χ0n) is 47.7. The lowest BCUT2D eigenvalue weighted by Crippen LogP contribution is -2.30. The molecule has 0 aliphatic rings. The number of ether oxygens (including phenoxy) is 3. The molecule has 0 aliphatic carbocycles. The van der Waals surface area contributed by atoms with Crippen molar-refractivity contribution in [2.24, 2.45) is 0 Å². The van der Waals surface area contributed by atoms with Gasteiger partial charge >= 0.3 is 17.9 Å². The monoisotopic (exact) mass is 1000 g/mol. The Bertz CT molecular complexity index is 1340. The molecular formula is C66H116O6. The second-order valence-electron chi connectivity index (χ2n) is 20.6. The second kappa shape index (κ2) is 60.4. The van der Waals surface area contributed by atoms with E-state index < -0.39 is 6.10 Å². The summed E-state index contributed by atoms with van der Waals surface area (Å²) < 4.78 is 16.8. The van der Waals surface area contributed by atoms with Gasteiger partial charge < -0.3 is 14.2 Å². The zero-order chi connectivity index (χ0) is 52.2. The summed E-state index contributed by atoms with van der Waals surface area (Å²) in [5.41, 5.74) is 0. The van der Waals surface area contributed by atoms with Gasteiger partial charge in [-0.25, -0.2) is 0 Å². The molecule has 0 aromatic rings. The van der Waals surface area contributed by atoms with Crippen LogP contribution in [0.3, 0.4) is 0 Å². The lowest BCUT2D eigenvalue weighted by atomic mass is 10.0. The first-order valence-electron chi connectivity index (χ1n) is 30.9. The van der Waals surface area contributed by atoms with Crippen LogP contribution in [0.25, 0.3) is 0 Å². The summed E-state index contributed by atoms with van der Waals surface area (Å²) in [6.07, 6.45) is 77.9. The first-order valence-corrected chi connectivity index (χ1v) is 30.9. The Balaban J connectivity index is 4.31. The van der Waals surface area contributed by atoms with Gasteiger partial charge in [0.1, 0.15) is 13.2 Å². The molecule has 416 valence electrons. The van der Waals surface area contributed by atoms with Gasteiger partial charge in [0.15, 0.2) is 6.10 Å². The van der Waals surface area contributed by atoms with E-state index in [0.29, 0.717) is 19.3 Å². The molecule has 0 radical (unpaired) electrons. The number of hydrogen-bond acceptors (Lipinski definition) is 6. The molecule has 0 bridgehead atoms. The minimum Gasteiger partial charge on any atom is -0.462 e. The topological polar surface area (TPSA) is 78.9 Å². The lowest BCUT2D eigenvalue weighted by molar-refractivity contribution is -0.166. The Morgan fingerprint density at radius 1 is 0.292 bits per heavy atom. The van der Waals surface area contributed by atoms with E-state index in [4.69, 9.17) is 14.2 Å². The van der Waals surface area contributed by atoms with Crippen LogP contribution in [0, 0.1) is 0 Å². The normalized spacial score (nSPS) is 12.5. The van der Waals surface area contributed by atoms with Crippen molar-refractivity contribution in [3.8, 4) is 0 Å². The van der Waals surface area contributed by atoms with Crippen molar-refractivity contribution in [1.29, 1.82) is 0 Å². The Hall–Kier alpha value is -3.15. The molecule has 0 N–H and O–H groups in total. The quantitative estimate of drug-likeness (QED) is 0.0261. The van der Waals surface area contributed by atoms with Gasteiger partial charge in [-0.15, -0.1) is 0 Å². The first-order chi connectivity index (χ1) is 35.5. The Morgan fingerprint density at radius 2 is 0.569 bits per heavy atom. The lowest BCUT2D eigenvalue weighted by Gasteiger charge is -2.18. The summed E-state index contributed by atoms with van der Waals surface area (Å²) in [6.45, 7) is 6.48. The Morgan fingerprint density at radius 3 is 0.931 bits per heavy atom. The molecule has 0 saturated heterocycles. The fourth-order valence-electron chi connectivity index (χ4n) is 8.80. The van der Waals surface area contributed by atoms with Gasteiger partial charge in [0.05, 0.1) is 0 Å². The summed E-state index contributed by atoms with van der Waals surface area (Å²) in [4.78, 5) is 38.2. The molecular weight excluding hydrogens is 889 g/mol. The van der Waals surface area contributed by atoms with Gasteiger partial charge in [0.2, 0.25) is 0 Å². The maximum atomic E-state index is 12.9. The third-order valence-electron chi connectivity index (χ3n) is 13.4. The molecule has 0 rings (SSSR count). The molecule has 1 unspecified atom stereocenters. The van der Waals surface area contributed by atoms with E-state index in [1.165, 1.54) is 186 Å². The molecule has 0 spiro atoms. The largest absolute Gasteiger partial charge is 0.462 e. The van der Waals surface area contributed by atoms with E-state index in [0.717, 1.165) is 77.0 Å². The number of rotatable bonds is 56. The van der Waals surface area contributed by atoms with Gasteiger partial charge in [0.25, 0.3) is 0 Å². The van der Waals surface area contributed by atoms with Crippen LogP contribution in [-0.4, -0.2) is 37.2 Å². The molecule has 0 aromatic carbocycles. The summed E-state index contributed by atoms with van der Waals surface area (Å²) in [6, 6.07) is 0. The molecule has 0 amide bonds. The van der Waals surface area contributed by atoms with Crippen LogP contribution in [0.15, 0.2) is 72.9 Å². The highest BCUT2D eigenvalue weighted by Gasteiger charge is 2.19. The van der Waals surface area contributed by atoms with Crippen molar-refractivity contribution in [3.63, 3.8) is 0 Å². The predicted octanol–water partition coefficient (Wildman–Crippen LogP) is 20.9. The number of carbonyl (C=O) groups excluding carboxylic acids is 3. The van der Waals surface area contributed by atoms with Crippen molar-refractivity contribution < 1.29 is 28.6 Å². The van der Waals surface area contributed by atoms with Gasteiger partial charge in [-0.2, -0.15) is 0 Å². The maximum absolute atomic E-state index is 12.9. The van der Waals surface area contributed by atoms with E-state index in [2.05, 4.69) is 87.6 Å². The summed E-state index contributed by atoms with van der Waals surface area (Å²) >= 11 is 0. The summed E-state index contributed by atoms with van der Waals surface area (Å²) in [5, 5.41) is 0. The molecule has 1 atom stereocenters. The van der Waals surface area contributed by atoms with Crippen LogP contribution in [0.2, 0.25) is 0 Å². The highest BCUT2D eigenvalue weighted by molar-refractivity contribution is 5.71. The standard InChI is InChI=1S/C66H116O6/c1-4-7-10-13-16-19-22-25-27-29-30-31-32-33-34-35-36-37-39-41-44-47-50-53-56-59-65(68)71-62-63(61-70-64(67)58-55-52-49-46-43-40-24-21-18-15-12-9-6-3)72-66(69)60-57-54-51-48-45-42-38-28-26-23-20-17-14-11-8-5-2/h9,12,18,21,28-30,38,40,43,49,52,63H,4-8,10-11,13-17,19-20,22-27,31-37,39,41-42,44-48,50-51,53-62H2,1-3H3/b12-9-,21-18-,30-29-,38-28-,43-40-,52-49-. The Kier molecular flexibility index (Phi) is 57.8. The molecule has 72 heavy (non-hydrogen) atoms.